The molecular weight excluding hydrogens is 218 g/mol. The Bertz CT molecular complexity index is 305. The second kappa shape index (κ2) is 2.83. The lowest BCUT2D eigenvalue weighted by atomic mass is 10.4. The minimum Gasteiger partial charge on any atom is -0.453 e. The van der Waals surface area contributed by atoms with E-state index in [0.717, 1.165) is 0 Å². The summed E-state index contributed by atoms with van der Waals surface area (Å²) >= 11 is 2.98. The maximum Gasteiger partial charge on any atom is 0.511 e. The van der Waals surface area contributed by atoms with Crippen LogP contribution in [0.4, 0.5) is 0 Å². The van der Waals surface area contributed by atoms with E-state index < -0.39 is 10.8 Å². The van der Waals surface area contributed by atoms with Crippen LogP contribution in [0.1, 0.15) is 10.6 Å². The van der Waals surface area contributed by atoms with Crippen molar-refractivity contribution in [1.29, 1.82) is 0 Å². The van der Waals surface area contributed by atoms with Gasteiger partial charge < -0.3 is 4.42 Å². The zero-order chi connectivity index (χ0) is 8.43. The summed E-state index contributed by atoms with van der Waals surface area (Å²) in [6.45, 7) is 0. The van der Waals surface area contributed by atoms with Crippen molar-refractivity contribution in [3.05, 3.63) is 32.7 Å². The van der Waals surface area contributed by atoms with Gasteiger partial charge in [0.2, 0.25) is 5.76 Å². The first-order chi connectivity index (χ1) is 5.11. The molecule has 1 heterocycles. The molecule has 0 spiro atoms. The van der Waals surface area contributed by atoms with E-state index >= 15 is 0 Å². The predicted molar refractivity (Wildman–Crippen MR) is 37.7 cm³/mol. The van der Waals surface area contributed by atoms with Crippen LogP contribution in [-0.4, -0.2) is 10.8 Å². The Kier molecular flexibility index (Phi) is 2.04. The maximum atomic E-state index is 10.5. The molecule has 11 heavy (non-hydrogen) atoms. The van der Waals surface area contributed by atoms with Crippen molar-refractivity contribution in [2.45, 2.75) is 0 Å². The molecule has 1 amide bonds. The number of amides is 1. The zero-order valence-corrected chi connectivity index (χ0v) is 6.70. The molecule has 0 atom stereocenters. The lowest BCUT2D eigenvalue weighted by molar-refractivity contribution is -0.376. The van der Waals surface area contributed by atoms with Crippen LogP contribution in [0.5, 0.6) is 0 Å². The molecule has 1 rings (SSSR count). The van der Waals surface area contributed by atoms with Gasteiger partial charge >= 0.3 is 5.91 Å². The summed E-state index contributed by atoms with van der Waals surface area (Å²) in [5.41, 5.74) is 0. The highest BCUT2D eigenvalue weighted by molar-refractivity contribution is 9.10. The van der Waals surface area contributed by atoms with E-state index in [1.54, 1.807) is 0 Å². The highest BCUT2D eigenvalue weighted by Crippen LogP contribution is 2.14. The number of carbonyl (C=O) groups excluding carboxylic acids is 1. The fourth-order valence-corrected chi connectivity index (χ4v) is 0.817. The number of furan rings is 1. The molecule has 0 saturated heterocycles. The predicted octanol–water partition coefficient (Wildman–Crippen LogP) is 1.46. The Labute approximate surface area is 69.3 Å². The molecule has 0 fully saturated rings. The second-order valence-electron chi connectivity index (χ2n) is 1.69. The number of nitro groups is 1. The molecule has 0 saturated carbocycles. The monoisotopic (exact) mass is 219 g/mol. The maximum absolute atomic E-state index is 10.5. The second-order valence-corrected chi connectivity index (χ2v) is 2.61. The molecule has 0 aliphatic rings. The number of rotatable bonds is 1. The van der Waals surface area contributed by atoms with Crippen molar-refractivity contribution >= 4 is 21.8 Å². The van der Waals surface area contributed by atoms with E-state index in [0.29, 0.717) is 4.47 Å². The molecule has 0 bridgehead atoms. The van der Waals surface area contributed by atoms with E-state index in [9.17, 15) is 14.9 Å². The standard InChI is InChI=1S/C5H2BrNO4/c6-3-1-4(11-2-3)5(8)7(9)10/h1-2H. The van der Waals surface area contributed by atoms with Gasteiger partial charge in [0, 0.05) is 6.07 Å². The van der Waals surface area contributed by atoms with E-state index in [-0.39, 0.29) is 5.76 Å². The van der Waals surface area contributed by atoms with Crippen molar-refractivity contribution in [3.8, 4) is 0 Å². The Balaban J connectivity index is 2.94. The molecule has 0 unspecified atom stereocenters. The van der Waals surface area contributed by atoms with Crippen molar-refractivity contribution < 1.29 is 14.1 Å². The summed E-state index contributed by atoms with van der Waals surface area (Å²) in [5, 5.41) is 9.89. The summed E-state index contributed by atoms with van der Waals surface area (Å²) in [6.07, 6.45) is 1.21. The topological polar surface area (TPSA) is 73.3 Å². The molecule has 1 aromatic heterocycles. The van der Waals surface area contributed by atoms with Gasteiger partial charge in [-0.3, -0.25) is 10.1 Å². The van der Waals surface area contributed by atoms with Crippen LogP contribution in [0.2, 0.25) is 0 Å². The van der Waals surface area contributed by atoms with Crippen LogP contribution in [0, 0.1) is 10.1 Å². The van der Waals surface area contributed by atoms with E-state index in [1.165, 1.54) is 12.3 Å². The van der Waals surface area contributed by atoms with Crippen LogP contribution in [0.25, 0.3) is 0 Å². The lowest BCUT2D eigenvalue weighted by Crippen LogP contribution is -2.09. The van der Waals surface area contributed by atoms with Gasteiger partial charge in [-0.25, -0.2) is 4.79 Å². The molecule has 1 aromatic rings. The summed E-state index contributed by atoms with van der Waals surface area (Å²) in [7, 11) is 0. The molecule has 0 N–H and O–H groups in total. The van der Waals surface area contributed by atoms with Crippen molar-refractivity contribution in [2.24, 2.45) is 0 Å². The van der Waals surface area contributed by atoms with Gasteiger partial charge in [-0.2, -0.15) is 0 Å². The van der Waals surface area contributed by atoms with E-state index in [2.05, 4.69) is 20.3 Å². The van der Waals surface area contributed by atoms with Crippen molar-refractivity contribution in [3.63, 3.8) is 0 Å². The third-order valence-electron chi connectivity index (χ3n) is 0.944. The molecule has 0 aromatic carbocycles. The number of carbonyl (C=O) groups is 1. The minimum absolute atomic E-state index is 0.276. The van der Waals surface area contributed by atoms with Gasteiger partial charge in [0.05, 0.1) is 4.47 Å². The number of hydrogen-bond acceptors (Lipinski definition) is 4. The number of hydrogen-bond donors (Lipinski definition) is 0. The Morgan fingerprint density at radius 3 is 2.73 bits per heavy atom. The SMILES string of the molecule is O=C(c1cc(Br)co1)[N+](=O)[O-]. The van der Waals surface area contributed by atoms with Crippen molar-refractivity contribution in [2.75, 3.05) is 0 Å². The third kappa shape index (κ3) is 1.64. The quantitative estimate of drug-likeness (QED) is 0.530. The van der Waals surface area contributed by atoms with Gasteiger partial charge in [-0.05, 0) is 15.9 Å². The van der Waals surface area contributed by atoms with Gasteiger partial charge in [0.15, 0.2) is 0 Å². The van der Waals surface area contributed by atoms with E-state index in [1.807, 2.05) is 0 Å². The average molecular weight is 220 g/mol. The summed E-state index contributed by atoms with van der Waals surface area (Å²) < 4.78 is 5.05. The first kappa shape index (κ1) is 7.93. The van der Waals surface area contributed by atoms with Gasteiger partial charge in [-0.15, -0.1) is 0 Å². The van der Waals surface area contributed by atoms with Crippen LogP contribution in [0.15, 0.2) is 21.2 Å². The Morgan fingerprint density at radius 2 is 2.36 bits per heavy atom. The van der Waals surface area contributed by atoms with Crippen LogP contribution < -0.4 is 0 Å². The van der Waals surface area contributed by atoms with Crippen molar-refractivity contribution in [1.82, 2.24) is 0 Å². The highest BCUT2D eigenvalue weighted by atomic mass is 79.9. The van der Waals surface area contributed by atoms with Crippen LogP contribution in [-0.2, 0) is 0 Å². The zero-order valence-electron chi connectivity index (χ0n) is 5.11. The fraction of sp³-hybridized carbons (Fsp3) is 0. The largest absolute Gasteiger partial charge is 0.511 e. The highest BCUT2D eigenvalue weighted by Gasteiger charge is 2.22. The first-order valence-electron chi connectivity index (χ1n) is 2.54. The molecule has 0 aliphatic carbocycles. The van der Waals surface area contributed by atoms with E-state index in [4.69, 9.17) is 0 Å². The molecule has 0 radical (unpaired) electrons. The van der Waals surface area contributed by atoms with Gasteiger partial charge in [-0.1, -0.05) is 0 Å². The Morgan fingerprint density at radius 1 is 1.73 bits per heavy atom. The lowest BCUT2D eigenvalue weighted by Gasteiger charge is -1.81. The smallest absolute Gasteiger partial charge is 0.453 e. The Hall–Kier alpha value is -1.17. The third-order valence-corrected chi connectivity index (χ3v) is 1.36. The molecule has 0 aliphatic heterocycles. The number of nitrogens with zero attached hydrogens (tertiary/aromatic N) is 1. The summed E-state index contributed by atoms with van der Waals surface area (Å²) in [5.74, 6) is -1.52. The molecule has 6 heteroatoms. The molecular formula is C5H2BrNO4. The van der Waals surface area contributed by atoms with Gasteiger partial charge in [0.1, 0.15) is 11.2 Å². The van der Waals surface area contributed by atoms with Crippen LogP contribution in [0.3, 0.4) is 0 Å². The van der Waals surface area contributed by atoms with Crippen LogP contribution >= 0.6 is 15.9 Å². The minimum atomic E-state index is -1.24. The first-order valence-corrected chi connectivity index (χ1v) is 3.33. The molecule has 58 valence electrons. The average Bonchev–Trinajstić information content (AvgIpc) is 2.34. The summed E-state index contributed by atoms with van der Waals surface area (Å²) in [4.78, 5) is 19.4. The number of halogens is 1. The van der Waals surface area contributed by atoms with Gasteiger partial charge in [0.25, 0.3) is 0 Å². The summed E-state index contributed by atoms with van der Waals surface area (Å²) in [6, 6.07) is 1.24. The molecule has 5 nitrogen and oxygen atoms in total. The fourth-order valence-electron chi connectivity index (χ4n) is 0.515. The normalized spacial score (nSPS) is 9.55.